The molecule has 0 saturated heterocycles. The highest BCUT2D eigenvalue weighted by Gasteiger charge is 2.07. The molecule has 0 aliphatic carbocycles. The van der Waals surface area contributed by atoms with Crippen molar-refractivity contribution in [1.29, 1.82) is 5.26 Å². The van der Waals surface area contributed by atoms with Crippen LogP contribution in [0.3, 0.4) is 0 Å². The number of aromatic amines is 1. The van der Waals surface area contributed by atoms with Crippen LogP contribution in [0.5, 0.6) is 0 Å². The van der Waals surface area contributed by atoms with E-state index in [1.54, 1.807) is 12.3 Å². The minimum Gasteiger partial charge on any atom is -0.340 e. The van der Waals surface area contributed by atoms with E-state index in [1.807, 2.05) is 12.1 Å². The molecule has 4 nitrogen and oxygen atoms in total. The molecule has 0 fully saturated rings. The van der Waals surface area contributed by atoms with E-state index in [0.29, 0.717) is 10.8 Å². The van der Waals surface area contributed by atoms with E-state index in [4.69, 9.17) is 16.9 Å². The largest absolute Gasteiger partial charge is 0.340 e. The number of H-pyrrole nitrogens is 1. The first kappa shape index (κ1) is 10.1. The van der Waals surface area contributed by atoms with Crippen molar-refractivity contribution < 1.29 is 0 Å². The van der Waals surface area contributed by atoms with Crippen molar-refractivity contribution in [1.82, 2.24) is 15.0 Å². The molecule has 1 aromatic carbocycles. The normalized spacial score (nSPS) is 10.8. The average Bonchev–Trinajstić information content (AvgIpc) is 2.72. The quantitative estimate of drug-likeness (QED) is 0.714. The van der Waals surface area contributed by atoms with E-state index in [2.05, 4.69) is 21.0 Å². The van der Waals surface area contributed by atoms with Crippen molar-refractivity contribution in [2.75, 3.05) is 0 Å². The molecular weight excluding hydrogens is 236 g/mol. The Kier molecular flexibility index (Phi) is 2.20. The Labute approximate surface area is 102 Å². The van der Waals surface area contributed by atoms with Crippen LogP contribution in [0.2, 0.25) is 5.02 Å². The number of pyridine rings is 1. The number of aromatic nitrogens is 3. The second-order valence-electron chi connectivity index (χ2n) is 3.70. The number of fused-ring (bicyclic) bond motifs is 3. The maximum Gasteiger partial charge on any atom is 0.121 e. The van der Waals surface area contributed by atoms with Crippen LogP contribution in [0.15, 0.2) is 24.4 Å². The molecular formula is C12H7ClN4. The van der Waals surface area contributed by atoms with E-state index >= 15 is 0 Å². The van der Waals surface area contributed by atoms with Gasteiger partial charge in [0.2, 0.25) is 0 Å². The van der Waals surface area contributed by atoms with Crippen LogP contribution >= 0.6 is 11.6 Å². The number of imidazole rings is 1. The Bertz CT molecular complexity index is 754. The highest BCUT2D eigenvalue weighted by molar-refractivity contribution is 6.31. The van der Waals surface area contributed by atoms with Crippen molar-refractivity contribution in [3.8, 4) is 6.07 Å². The molecule has 0 saturated carbocycles. The fraction of sp³-hybridized carbons (Fsp3) is 0.0833. The van der Waals surface area contributed by atoms with E-state index in [9.17, 15) is 0 Å². The van der Waals surface area contributed by atoms with Crippen LogP contribution in [0.1, 0.15) is 5.82 Å². The first-order valence-electron chi connectivity index (χ1n) is 5.08. The molecule has 17 heavy (non-hydrogen) atoms. The monoisotopic (exact) mass is 242 g/mol. The molecule has 0 radical (unpaired) electrons. The molecule has 0 unspecified atom stereocenters. The minimum atomic E-state index is 0.261. The van der Waals surface area contributed by atoms with Gasteiger partial charge in [0, 0.05) is 10.4 Å². The van der Waals surface area contributed by atoms with Gasteiger partial charge in [-0.2, -0.15) is 5.26 Å². The van der Waals surface area contributed by atoms with Crippen molar-refractivity contribution >= 4 is 33.5 Å². The summed E-state index contributed by atoms with van der Waals surface area (Å²) in [4.78, 5) is 11.8. The third kappa shape index (κ3) is 1.61. The summed E-state index contributed by atoms with van der Waals surface area (Å²) >= 11 is 5.97. The molecule has 0 atom stereocenters. The summed E-state index contributed by atoms with van der Waals surface area (Å²) < 4.78 is 0. The van der Waals surface area contributed by atoms with Gasteiger partial charge in [0.05, 0.1) is 35.2 Å². The van der Waals surface area contributed by atoms with Gasteiger partial charge in [-0.3, -0.25) is 4.98 Å². The molecule has 3 aromatic rings. The zero-order valence-electron chi connectivity index (χ0n) is 8.74. The van der Waals surface area contributed by atoms with Crippen LogP contribution in [-0.4, -0.2) is 15.0 Å². The van der Waals surface area contributed by atoms with E-state index < -0.39 is 0 Å². The summed E-state index contributed by atoms with van der Waals surface area (Å²) in [5.41, 5.74) is 2.48. The summed E-state index contributed by atoms with van der Waals surface area (Å²) in [5, 5.41) is 10.2. The zero-order valence-corrected chi connectivity index (χ0v) is 9.49. The lowest BCUT2D eigenvalue weighted by molar-refractivity contribution is 1.08. The topological polar surface area (TPSA) is 65.4 Å². The smallest absolute Gasteiger partial charge is 0.121 e. The number of nitriles is 1. The van der Waals surface area contributed by atoms with Crippen molar-refractivity contribution in [3.63, 3.8) is 0 Å². The second kappa shape index (κ2) is 3.72. The molecule has 0 bridgehead atoms. The van der Waals surface area contributed by atoms with Gasteiger partial charge in [0.25, 0.3) is 0 Å². The molecule has 2 heterocycles. The second-order valence-corrected chi connectivity index (χ2v) is 4.14. The van der Waals surface area contributed by atoms with E-state index in [1.165, 1.54) is 0 Å². The van der Waals surface area contributed by atoms with Crippen LogP contribution < -0.4 is 0 Å². The van der Waals surface area contributed by atoms with Crippen LogP contribution in [0, 0.1) is 11.3 Å². The van der Waals surface area contributed by atoms with Gasteiger partial charge in [-0.1, -0.05) is 11.6 Å². The van der Waals surface area contributed by atoms with Gasteiger partial charge in [-0.15, -0.1) is 0 Å². The molecule has 0 aliphatic rings. The van der Waals surface area contributed by atoms with Crippen LogP contribution in [0.4, 0.5) is 0 Å². The predicted octanol–water partition coefficient (Wildman–Crippen LogP) is 2.83. The molecule has 3 rings (SSSR count). The lowest BCUT2D eigenvalue weighted by atomic mass is 10.2. The molecule has 5 heteroatoms. The molecule has 2 aromatic heterocycles. The number of rotatable bonds is 1. The Morgan fingerprint density at radius 2 is 2.29 bits per heavy atom. The van der Waals surface area contributed by atoms with E-state index in [0.717, 1.165) is 21.9 Å². The van der Waals surface area contributed by atoms with Crippen molar-refractivity contribution in [2.45, 2.75) is 6.42 Å². The van der Waals surface area contributed by atoms with Crippen LogP contribution in [-0.2, 0) is 6.42 Å². The fourth-order valence-corrected chi connectivity index (χ4v) is 2.01. The minimum absolute atomic E-state index is 0.261. The van der Waals surface area contributed by atoms with Crippen LogP contribution in [0.25, 0.3) is 21.9 Å². The number of benzene rings is 1. The van der Waals surface area contributed by atoms with Gasteiger partial charge >= 0.3 is 0 Å². The lowest BCUT2D eigenvalue weighted by Crippen LogP contribution is -1.82. The number of hydrogen-bond acceptors (Lipinski definition) is 3. The van der Waals surface area contributed by atoms with E-state index in [-0.39, 0.29) is 6.42 Å². The first-order valence-corrected chi connectivity index (χ1v) is 5.45. The Hall–Kier alpha value is -2.12. The molecule has 1 N–H and O–H groups in total. The number of nitrogens with one attached hydrogen (secondary N) is 1. The van der Waals surface area contributed by atoms with Gasteiger partial charge in [0.1, 0.15) is 5.82 Å². The number of nitrogens with zero attached hydrogens (tertiary/aromatic N) is 3. The Morgan fingerprint density at radius 3 is 3.12 bits per heavy atom. The maximum atomic E-state index is 8.66. The Morgan fingerprint density at radius 1 is 1.41 bits per heavy atom. The lowest BCUT2D eigenvalue weighted by Gasteiger charge is -1.97. The summed E-state index contributed by atoms with van der Waals surface area (Å²) in [5.74, 6) is 0.650. The predicted molar refractivity (Wildman–Crippen MR) is 65.7 cm³/mol. The zero-order chi connectivity index (χ0) is 11.8. The van der Waals surface area contributed by atoms with Gasteiger partial charge in [-0.05, 0) is 18.2 Å². The standard InChI is InChI=1S/C12H7ClN4/c13-7-1-2-9-8(5-7)12-10(6-15-9)16-11(17-12)3-4-14/h1-2,5-6H,3H2,(H,16,17). The number of hydrogen-bond donors (Lipinski definition) is 1. The third-order valence-electron chi connectivity index (χ3n) is 2.57. The van der Waals surface area contributed by atoms with Crippen molar-refractivity contribution in [3.05, 3.63) is 35.2 Å². The van der Waals surface area contributed by atoms with Gasteiger partial charge in [-0.25, -0.2) is 4.98 Å². The first-order chi connectivity index (χ1) is 8.28. The number of halogens is 1. The summed E-state index contributed by atoms with van der Waals surface area (Å²) in [7, 11) is 0. The highest BCUT2D eigenvalue weighted by Crippen LogP contribution is 2.24. The molecule has 82 valence electrons. The third-order valence-corrected chi connectivity index (χ3v) is 2.81. The highest BCUT2D eigenvalue weighted by atomic mass is 35.5. The maximum absolute atomic E-state index is 8.66. The Balaban J connectivity index is 2.38. The SMILES string of the molecule is N#CCc1nc2c(cnc3ccc(Cl)cc32)[nH]1. The molecule has 0 amide bonds. The van der Waals surface area contributed by atoms with Gasteiger partial charge in [0.15, 0.2) is 0 Å². The summed E-state index contributed by atoms with van der Waals surface area (Å²) in [6.07, 6.45) is 1.98. The summed E-state index contributed by atoms with van der Waals surface area (Å²) in [6.45, 7) is 0. The molecule has 0 aliphatic heterocycles. The molecule has 0 spiro atoms. The average molecular weight is 243 g/mol. The van der Waals surface area contributed by atoms with Gasteiger partial charge < -0.3 is 4.98 Å². The fourth-order valence-electron chi connectivity index (χ4n) is 1.84. The van der Waals surface area contributed by atoms with Crippen molar-refractivity contribution in [2.24, 2.45) is 0 Å². The summed E-state index contributed by atoms with van der Waals surface area (Å²) in [6, 6.07) is 7.55.